The van der Waals surface area contributed by atoms with Crippen LogP contribution in [-0.2, 0) is 21.7 Å². The van der Waals surface area contributed by atoms with Crippen LogP contribution in [-0.4, -0.2) is 20.1 Å². The minimum atomic E-state index is -1.08. The average molecular weight is 1560 g/mol. The van der Waals surface area contributed by atoms with Crippen LogP contribution in [0.25, 0.3) is 20.2 Å². The Morgan fingerprint density at radius 2 is 0.580 bits per heavy atom. The van der Waals surface area contributed by atoms with E-state index >= 15 is 35.1 Å². The second-order valence-corrected chi connectivity index (χ2v) is 39.1. The molecule has 0 unspecified atom stereocenters. The minimum Gasteiger partial charge on any atom is -0.306 e. The zero-order chi connectivity index (χ0) is 78.8. The molecule has 8 heterocycles. The number of hydrogen-bond donors (Lipinski definition) is 0. The fourth-order valence-electron chi connectivity index (χ4n) is 17.8. The summed E-state index contributed by atoms with van der Waals surface area (Å²) in [6, 6.07) is 45.8. The summed E-state index contributed by atoms with van der Waals surface area (Å²) in [5.41, 5.74) is 6.03. The van der Waals surface area contributed by atoms with Gasteiger partial charge < -0.3 is 19.6 Å². The van der Waals surface area contributed by atoms with Crippen LogP contribution in [0.3, 0.4) is 0 Å². The number of hydrogen-bond acceptors (Lipinski definition) is 10. The van der Waals surface area contributed by atoms with Crippen LogP contribution in [0.2, 0.25) is 0 Å². The van der Waals surface area contributed by atoms with Crippen molar-refractivity contribution in [1.82, 2.24) is 0 Å². The first kappa shape index (κ1) is 72.1. The molecule has 0 atom stereocenters. The van der Waals surface area contributed by atoms with Gasteiger partial charge in [0.15, 0.2) is 46.5 Å². The zero-order valence-electron chi connectivity index (χ0n) is 63.9. The van der Waals surface area contributed by atoms with Gasteiger partial charge in [0.25, 0.3) is 20.1 Å². The summed E-state index contributed by atoms with van der Waals surface area (Å²) in [6.07, 6.45) is 0. The van der Waals surface area contributed by atoms with Gasteiger partial charge in [0, 0.05) is 85.3 Å². The van der Waals surface area contributed by atoms with E-state index in [0.29, 0.717) is 77.6 Å². The molecule has 552 valence electrons. The van der Waals surface area contributed by atoms with Gasteiger partial charge in [-0.25, -0.2) is 35.1 Å². The maximum atomic E-state index is 18.7. The van der Waals surface area contributed by atoms with Crippen LogP contribution in [0.5, 0.6) is 0 Å². The van der Waals surface area contributed by atoms with E-state index in [1.165, 1.54) is 105 Å². The fourth-order valence-corrected chi connectivity index (χ4v) is 23.4. The van der Waals surface area contributed by atoms with Crippen LogP contribution in [0.1, 0.15) is 133 Å². The largest absolute Gasteiger partial charge is 0.306 e. The Labute approximate surface area is 662 Å². The number of aryl methyl sites for hydroxylation is 3. The topological polar surface area (TPSA) is 60.5 Å². The van der Waals surface area contributed by atoms with Gasteiger partial charge in [-0.1, -0.05) is 119 Å². The lowest BCUT2D eigenvalue weighted by molar-refractivity contribution is 0.546. The summed E-state index contributed by atoms with van der Waals surface area (Å²) < 4.78 is 152. The Hall–Kier alpha value is -10.1. The molecule has 6 aliphatic heterocycles. The van der Waals surface area contributed by atoms with Crippen molar-refractivity contribution in [3.63, 3.8) is 0 Å². The van der Waals surface area contributed by atoms with E-state index in [9.17, 15) is 10.5 Å². The van der Waals surface area contributed by atoms with E-state index in [4.69, 9.17) is 0 Å². The van der Waals surface area contributed by atoms with E-state index < -0.39 is 99.7 Å². The monoisotopic (exact) mass is 1560 g/mol. The lowest BCUT2D eigenvalue weighted by Crippen LogP contribution is -2.66. The smallest absolute Gasteiger partial charge is 0.262 e. The first-order chi connectivity index (χ1) is 53.0. The molecule has 112 heavy (non-hydrogen) atoms. The second-order valence-electron chi connectivity index (χ2n) is 34.8. The normalized spacial score (nSPS) is 14.3. The van der Waals surface area contributed by atoms with Gasteiger partial charge in [-0.15, -0.1) is 22.7 Å². The molecular formula is C91H69B3F8N6S4. The number of fused-ring (bicyclic) bond motifs is 16. The highest BCUT2D eigenvalue weighted by molar-refractivity contribution is 8.01. The molecule has 21 heteroatoms. The standard InChI is InChI=1S/C91H69B3F8N6S4/c1-42-20-69-77-70(21-42)106(81-59(97)30-48(31-60(81)98)89(7,8)9)66-39-68-56(94-79-72(108(68)83-63(101)34-50(35-64(83)102)91(13,14)15)23-44(3)25-76(79)110-85-52-27-46(41-104)17-19-74(52)112-87(85)94)37-54(66)92(77)53-36-55-67(38-65(53)105(69)80-57(95)28-47(29-58(80)96)88(4,5)6)107(82-61(99)32-49(33-62(82)100)90(10,11)12)71-22-43(2)24-75-78(71)93(55)86-84(109-75)51-26-45(40-103)16-18-73(51)111-86/h16-39H,1-15H3. The third-order valence-electron chi connectivity index (χ3n) is 23.2. The summed E-state index contributed by atoms with van der Waals surface area (Å²) in [7, 11) is 0. The number of nitrogens with zero attached hydrogens (tertiary/aromatic N) is 6. The first-order valence-corrected chi connectivity index (χ1v) is 40.5. The van der Waals surface area contributed by atoms with Crippen LogP contribution in [0, 0.1) is 90.0 Å². The Bertz CT molecular complexity index is 6100. The maximum absolute atomic E-state index is 18.7. The number of halogens is 8. The Morgan fingerprint density at radius 1 is 0.312 bits per heavy atom. The fraction of sp³-hybridized carbons (Fsp3) is 0.209. The molecule has 6 aliphatic rings. The Balaban J connectivity index is 0.996. The van der Waals surface area contributed by atoms with Crippen molar-refractivity contribution in [2.45, 2.75) is 145 Å². The zero-order valence-corrected chi connectivity index (χ0v) is 67.2. The van der Waals surface area contributed by atoms with Crippen molar-refractivity contribution in [3.8, 4) is 12.1 Å². The SMILES string of the molecule is Cc1cc2c3c(c1)N(c1c(F)cc(C(C)(C)C)cc1F)c1cc4c(cc1B3c1sc3ccc(C#N)cc3c1S2)B1c2cc3c(cc2N(c2c(F)cc(C(C)(C)C)cc2F)c2cc(C)cc(c21)N4c1c(F)cc(C(C)(C)C)cc1F)N(c1c(F)cc(C(C)(C)C)cc1F)c1cc(C)cc2c1B3c1sc3ccc(C#N)cc3c1S2. The first-order valence-electron chi connectivity index (χ1n) is 37.2. The minimum absolute atomic E-state index is 0.203. The molecule has 0 saturated carbocycles. The van der Waals surface area contributed by atoms with Crippen LogP contribution < -0.4 is 67.4 Å². The van der Waals surface area contributed by atoms with Crippen molar-refractivity contribution in [1.29, 1.82) is 10.5 Å². The van der Waals surface area contributed by atoms with Crippen molar-refractivity contribution in [2.24, 2.45) is 0 Å². The Morgan fingerprint density at radius 3 is 0.857 bits per heavy atom. The predicted molar refractivity (Wildman–Crippen MR) is 449 cm³/mol. The highest BCUT2D eigenvalue weighted by Gasteiger charge is 2.53. The molecule has 0 N–H and O–H groups in total. The molecule has 19 rings (SSSR count). The van der Waals surface area contributed by atoms with Gasteiger partial charge in [-0.05, 0) is 263 Å². The number of rotatable bonds is 4. The molecule has 11 aromatic carbocycles. The molecule has 0 bridgehead atoms. The third-order valence-corrected chi connectivity index (χ3v) is 28.3. The van der Waals surface area contributed by atoms with E-state index in [0.717, 1.165) is 71.4 Å². The number of nitriles is 2. The van der Waals surface area contributed by atoms with Gasteiger partial charge in [-0.3, -0.25) is 0 Å². The van der Waals surface area contributed by atoms with Crippen molar-refractivity contribution < 1.29 is 35.1 Å². The summed E-state index contributed by atoms with van der Waals surface area (Å²) in [5.74, 6) is -7.20. The van der Waals surface area contributed by atoms with Gasteiger partial charge >= 0.3 is 0 Å². The van der Waals surface area contributed by atoms with Crippen molar-refractivity contribution in [3.05, 3.63) is 242 Å². The van der Waals surface area contributed by atoms with Crippen LogP contribution in [0.4, 0.5) is 103 Å². The predicted octanol–water partition coefficient (Wildman–Crippen LogP) is 20.7. The second kappa shape index (κ2) is 24.4. The maximum Gasteiger partial charge on any atom is 0.262 e. The molecular weight excluding hydrogens is 1490 g/mol. The van der Waals surface area contributed by atoms with E-state index in [1.54, 1.807) is 41.0 Å². The molecule has 0 saturated heterocycles. The number of thiophene rings is 2. The van der Waals surface area contributed by atoms with Crippen molar-refractivity contribution >= 4 is 203 Å². The van der Waals surface area contributed by atoms with E-state index in [1.807, 2.05) is 158 Å². The number of anilines is 12. The van der Waals surface area contributed by atoms with Gasteiger partial charge in [0.1, 0.15) is 22.7 Å². The molecule has 0 fully saturated rings. The van der Waals surface area contributed by atoms with Gasteiger partial charge in [-0.2, -0.15) is 10.5 Å². The summed E-state index contributed by atoms with van der Waals surface area (Å²) in [4.78, 5) is 9.64. The van der Waals surface area contributed by atoms with Crippen LogP contribution >= 0.6 is 46.2 Å². The molecule has 0 amide bonds. The molecule has 0 radical (unpaired) electrons. The highest BCUT2D eigenvalue weighted by atomic mass is 32.2. The Kier molecular flexibility index (Phi) is 15.7. The molecule has 2 aromatic heterocycles. The number of benzene rings is 11. The van der Waals surface area contributed by atoms with E-state index in [2.05, 4.69) is 24.3 Å². The average Bonchev–Trinajstić information content (AvgIpc) is 0.909. The molecule has 0 aliphatic carbocycles. The van der Waals surface area contributed by atoms with Crippen molar-refractivity contribution in [2.75, 3.05) is 19.6 Å². The lowest BCUT2D eigenvalue weighted by Gasteiger charge is -2.47. The van der Waals surface area contributed by atoms with E-state index in [-0.39, 0.29) is 45.5 Å². The lowest BCUT2D eigenvalue weighted by atomic mass is 9.30. The summed E-state index contributed by atoms with van der Waals surface area (Å²) in [6.45, 7) is 25.6. The summed E-state index contributed by atoms with van der Waals surface area (Å²) >= 11 is 6.11. The molecule has 0 spiro atoms. The summed E-state index contributed by atoms with van der Waals surface area (Å²) in [5, 5.41) is 22.6. The molecule has 13 aromatic rings. The van der Waals surface area contributed by atoms with Gasteiger partial charge in [0.05, 0.1) is 23.3 Å². The highest BCUT2D eigenvalue weighted by Crippen LogP contribution is 2.55. The molecule has 6 nitrogen and oxygen atoms in total. The van der Waals surface area contributed by atoms with Gasteiger partial charge in [0.2, 0.25) is 0 Å². The van der Waals surface area contributed by atoms with Crippen LogP contribution in [0.15, 0.2) is 165 Å². The third kappa shape index (κ3) is 10.6. The quantitative estimate of drug-likeness (QED) is 0.128.